The largest absolute Gasteiger partial charge is 0.442 e. The van der Waals surface area contributed by atoms with E-state index < -0.39 is 23.0 Å². The maximum Gasteiger partial charge on any atom is 0.415 e. The van der Waals surface area contributed by atoms with Gasteiger partial charge in [-0.15, -0.1) is 4.37 Å². The zero-order valence-electron chi connectivity index (χ0n) is 16.2. The number of piperazine rings is 1. The van der Waals surface area contributed by atoms with E-state index in [4.69, 9.17) is 9.15 Å². The number of anilines is 3. The quantitative estimate of drug-likeness (QED) is 0.739. The number of aromatic nitrogens is 1. The van der Waals surface area contributed by atoms with Gasteiger partial charge in [0.1, 0.15) is 11.9 Å². The summed E-state index contributed by atoms with van der Waals surface area (Å²) in [5, 5.41) is 2.60. The van der Waals surface area contributed by atoms with Crippen molar-refractivity contribution >= 4 is 40.9 Å². The van der Waals surface area contributed by atoms with Crippen LogP contribution in [-0.4, -0.2) is 61.7 Å². The Bertz CT molecular complexity index is 1000. The number of carbonyl (C=O) groups excluding carboxylic acids is 2. The van der Waals surface area contributed by atoms with Gasteiger partial charge in [-0.3, -0.25) is 9.69 Å². The van der Waals surface area contributed by atoms with Crippen LogP contribution in [0.5, 0.6) is 0 Å². The van der Waals surface area contributed by atoms with Crippen molar-refractivity contribution in [3.8, 4) is 0 Å². The molecule has 1 aromatic heterocycles. The number of carbonyl (C=O) groups is 2. The van der Waals surface area contributed by atoms with Gasteiger partial charge in [-0.1, -0.05) is 0 Å². The van der Waals surface area contributed by atoms with Crippen LogP contribution in [0.2, 0.25) is 0 Å². The Balaban J connectivity index is 1.39. The van der Waals surface area contributed by atoms with Crippen LogP contribution < -0.4 is 25.0 Å². The minimum atomic E-state index is -0.573. The highest BCUT2D eigenvalue weighted by molar-refractivity contribution is 7.02. The predicted octanol–water partition coefficient (Wildman–Crippen LogP) is 1.02. The number of benzene rings is 1. The number of cyclic esters (lactones) is 1. The van der Waals surface area contributed by atoms with Gasteiger partial charge in [-0.2, -0.15) is 0 Å². The molecule has 160 valence electrons. The topological polar surface area (TPSA) is 108 Å². The molecule has 3 heterocycles. The average Bonchev–Trinajstić information content (AvgIpc) is 3.32. The monoisotopic (exact) mass is 437 g/mol. The molecule has 4 rings (SSSR count). The summed E-state index contributed by atoms with van der Waals surface area (Å²) in [6, 6.07) is 4.91. The minimum Gasteiger partial charge on any atom is -0.442 e. The van der Waals surface area contributed by atoms with Crippen molar-refractivity contribution < 1.29 is 23.1 Å². The fraction of sp³-hybridized carbons (Fsp3) is 0.444. The van der Waals surface area contributed by atoms with Gasteiger partial charge >= 0.3 is 17.0 Å². The van der Waals surface area contributed by atoms with Crippen LogP contribution >= 0.6 is 11.5 Å². The van der Waals surface area contributed by atoms with E-state index in [0.717, 1.165) is 11.5 Å². The Labute approximate surface area is 175 Å². The third-order valence-electron chi connectivity index (χ3n) is 4.96. The van der Waals surface area contributed by atoms with Gasteiger partial charge in [0.15, 0.2) is 0 Å². The lowest BCUT2D eigenvalue weighted by atomic mass is 10.2. The molecule has 0 unspecified atom stereocenters. The summed E-state index contributed by atoms with van der Waals surface area (Å²) >= 11 is 0.765. The lowest BCUT2D eigenvalue weighted by Gasteiger charge is -2.35. The summed E-state index contributed by atoms with van der Waals surface area (Å²) in [6.07, 6.45) is -1.06. The number of hydrogen-bond acceptors (Lipinski definition) is 9. The van der Waals surface area contributed by atoms with Crippen LogP contribution in [0.3, 0.4) is 0 Å². The zero-order chi connectivity index (χ0) is 21.3. The molecule has 12 heteroatoms. The highest BCUT2D eigenvalue weighted by Crippen LogP contribution is 2.29. The van der Waals surface area contributed by atoms with Gasteiger partial charge in [-0.25, -0.2) is 14.0 Å². The molecule has 2 saturated heterocycles. The first-order chi connectivity index (χ1) is 14.4. The maximum absolute atomic E-state index is 14.8. The Morgan fingerprint density at radius 1 is 1.27 bits per heavy atom. The van der Waals surface area contributed by atoms with E-state index >= 15 is 0 Å². The van der Waals surface area contributed by atoms with E-state index in [1.165, 1.54) is 17.9 Å². The molecule has 2 amide bonds. The SMILES string of the molecule is CC(=O)NC[C@H]1CN(c2ccc(N3CCN(c4nsc(=O)o4)CC3)c(F)c2)C(=O)O1. The number of hydrogen-bond donors (Lipinski definition) is 1. The molecule has 0 aliphatic carbocycles. The van der Waals surface area contributed by atoms with E-state index in [9.17, 15) is 18.8 Å². The van der Waals surface area contributed by atoms with E-state index in [0.29, 0.717) is 43.6 Å². The van der Waals surface area contributed by atoms with E-state index in [1.807, 2.05) is 9.80 Å². The number of nitrogens with zero attached hydrogens (tertiary/aromatic N) is 4. The van der Waals surface area contributed by atoms with Crippen LogP contribution in [0, 0.1) is 5.82 Å². The molecule has 2 fully saturated rings. The molecule has 1 aromatic carbocycles. The molecule has 0 bridgehead atoms. The van der Waals surface area contributed by atoms with E-state index in [2.05, 4.69) is 9.69 Å². The first-order valence-corrected chi connectivity index (χ1v) is 10.2. The minimum absolute atomic E-state index is 0.210. The van der Waals surface area contributed by atoms with Crippen LogP contribution in [0.15, 0.2) is 27.4 Å². The lowest BCUT2D eigenvalue weighted by molar-refractivity contribution is -0.119. The molecular formula is C18H20FN5O5S. The van der Waals surface area contributed by atoms with Gasteiger partial charge < -0.3 is 24.3 Å². The molecule has 30 heavy (non-hydrogen) atoms. The Kier molecular flexibility index (Phi) is 5.57. The molecule has 10 nitrogen and oxygen atoms in total. The molecular weight excluding hydrogens is 417 g/mol. The van der Waals surface area contributed by atoms with Gasteiger partial charge in [0, 0.05) is 33.1 Å². The summed E-state index contributed by atoms with van der Waals surface area (Å²) in [4.78, 5) is 38.9. The van der Waals surface area contributed by atoms with Crippen molar-refractivity contribution in [3.05, 3.63) is 33.8 Å². The van der Waals surface area contributed by atoms with Gasteiger partial charge in [-0.05, 0) is 18.2 Å². The van der Waals surface area contributed by atoms with Crippen LogP contribution in [0.1, 0.15) is 6.92 Å². The molecule has 2 aliphatic rings. The zero-order valence-corrected chi connectivity index (χ0v) is 17.0. The second-order valence-electron chi connectivity index (χ2n) is 6.98. The molecule has 0 saturated carbocycles. The molecule has 1 atom stereocenters. The highest BCUT2D eigenvalue weighted by Gasteiger charge is 2.33. The predicted molar refractivity (Wildman–Crippen MR) is 108 cm³/mol. The third kappa shape index (κ3) is 4.22. The summed E-state index contributed by atoms with van der Waals surface area (Å²) in [7, 11) is 0. The third-order valence-corrected chi connectivity index (χ3v) is 5.44. The van der Waals surface area contributed by atoms with Crippen molar-refractivity contribution in [2.45, 2.75) is 13.0 Å². The summed E-state index contributed by atoms with van der Waals surface area (Å²) in [5.74, 6) is -0.656. The lowest BCUT2D eigenvalue weighted by Crippen LogP contribution is -2.47. The van der Waals surface area contributed by atoms with Crippen molar-refractivity contribution in [1.29, 1.82) is 0 Å². The van der Waals surface area contributed by atoms with Crippen LogP contribution in [0.25, 0.3) is 0 Å². The standard InChI is InChI=1S/C18H20FN5O5S/c1-11(25)20-9-13-10-24(17(26)28-13)12-2-3-15(14(19)8-12)22-4-6-23(7-5-22)16-21-30-18(27)29-16/h2-3,8,13H,4-7,9-10H2,1H3,(H,20,25)/t13-/m0/s1. The molecule has 2 aliphatic heterocycles. The average molecular weight is 437 g/mol. The normalized spacial score (nSPS) is 19.2. The van der Waals surface area contributed by atoms with Gasteiger partial charge in [0.05, 0.1) is 36.0 Å². The van der Waals surface area contributed by atoms with Crippen molar-refractivity contribution in [2.24, 2.45) is 0 Å². The Morgan fingerprint density at radius 2 is 2.00 bits per heavy atom. The van der Waals surface area contributed by atoms with Gasteiger partial charge in [0.25, 0.3) is 0 Å². The smallest absolute Gasteiger partial charge is 0.415 e. The fourth-order valence-electron chi connectivity index (χ4n) is 3.47. The van der Waals surface area contributed by atoms with Crippen LogP contribution in [-0.2, 0) is 9.53 Å². The molecule has 0 spiro atoms. The Hall–Kier alpha value is -3.15. The van der Waals surface area contributed by atoms with E-state index in [1.54, 1.807) is 12.1 Å². The first-order valence-electron chi connectivity index (χ1n) is 9.39. The highest BCUT2D eigenvalue weighted by atomic mass is 32.1. The number of amides is 2. The maximum atomic E-state index is 14.8. The van der Waals surface area contributed by atoms with Crippen molar-refractivity contribution in [2.75, 3.05) is 54.0 Å². The second-order valence-corrected chi connectivity index (χ2v) is 7.68. The van der Waals surface area contributed by atoms with Gasteiger partial charge in [0.2, 0.25) is 5.91 Å². The number of rotatable bonds is 5. The summed E-state index contributed by atoms with van der Waals surface area (Å²) in [5.41, 5.74) is 0.829. The van der Waals surface area contributed by atoms with Crippen molar-refractivity contribution in [1.82, 2.24) is 9.69 Å². The molecule has 1 N–H and O–H groups in total. The number of ether oxygens (including phenoxy) is 1. The molecule has 2 aromatic rings. The van der Waals surface area contributed by atoms with Crippen LogP contribution in [0.4, 0.5) is 26.6 Å². The first kappa shape index (κ1) is 20.1. The second kappa shape index (κ2) is 8.30. The van der Waals surface area contributed by atoms with E-state index in [-0.39, 0.29) is 19.0 Å². The fourth-order valence-corrected chi connectivity index (χ4v) is 3.88. The Morgan fingerprint density at radius 3 is 2.63 bits per heavy atom. The van der Waals surface area contributed by atoms with Crippen molar-refractivity contribution in [3.63, 3.8) is 0 Å². The summed E-state index contributed by atoms with van der Waals surface area (Å²) < 4.78 is 29.0. The number of halogens is 1. The molecule has 0 radical (unpaired) electrons. The summed E-state index contributed by atoms with van der Waals surface area (Å²) in [6.45, 7) is 3.96. The number of nitrogens with one attached hydrogen (secondary N) is 1.